The number of piperazine rings is 1. The Morgan fingerprint density at radius 3 is 2.55 bits per heavy atom. The van der Waals surface area contributed by atoms with Crippen molar-refractivity contribution in [2.75, 3.05) is 62.2 Å². The van der Waals surface area contributed by atoms with Crippen molar-refractivity contribution >= 4 is 23.7 Å². The van der Waals surface area contributed by atoms with Crippen LogP contribution < -0.4 is 9.80 Å². The third-order valence-corrected chi connectivity index (χ3v) is 11.9. The number of aromatic nitrogens is 3. The molecule has 9 rings (SSSR count). The van der Waals surface area contributed by atoms with Crippen LogP contribution in [-0.4, -0.2) is 95.2 Å². The van der Waals surface area contributed by atoms with Crippen molar-refractivity contribution in [3.8, 4) is 0 Å². The molecule has 1 amide bonds. The second-order valence-electron chi connectivity index (χ2n) is 14.7. The molecule has 5 aliphatic heterocycles. The summed E-state index contributed by atoms with van der Waals surface area (Å²) in [5.41, 5.74) is 4.19. The summed E-state index contributed by atoms with van der Waals surface area (Å²) < 4.78 is 43.7. The molecule has 2 aromatic heterocycles. The molecule has 3 aromatic rings. The van der Waals surface area contributed by atoms with E-state index in [1.54, 1.807) is 4.90 Å². The monoisotopic (exact) mass is 671 g/mol. The van der Waals surface area contributed by atoms with Crippen LogP contribution in [0.15, 0.2) is 48.7 Å². The van der Waals surface area contributed by atoms with Crippen molar-refractivity contribution in [3.63, 3.8) is 0 Å². The van der Waals surface area contributed by atoms with E-state index in [0.717, 1.165) is 68.6 Å². The van der Waals surface area contributed by atoms with Gasteiger partial charge in [0, 0.05) is 69.5 Å². The van der Waals surface area contributed by atoms with Gasteiger partial charge in [-0.05, 0) is 50.2 Å². The zero-order valence-electron chi connectivity index (χ0n) is 27.9. The van der Waals surface area contributed by atoms with Crippen LogP contribution >= 0.6 is 0 Å². The molecule has 0 bridgehead atoms. The molecule has 3 saturated heterocycles. The Morgan fingerprint density at radius 1 is 1.04 bits per heavy atom. The molecular weight excluding hydrogens is 628 g/mol. The molecule has 12 heteroatoms. The van der Waals surface area contributed by atoms with Gasteiger partial charge in [-0.2, -0.15) is 5.10 Å². The number of ether oxygens (including phenoxy) is 2. The minimum absolute atomic E-state index is 0.0256. The molecule has 0 radical (unpaired) electrons. The molecule has 49 heavy (non-hydrogen) atoms. The predicted octanol–water partition coefficient (Wildman–Crippen LogP) is 5.47. The highest BCUT2D eigenvalue weighted by Gasteiger charge is 2.56. The Labute approximate surface area is 285 Å². The van der Waals surface area contributed by atoms with Gasteiger partial charge in [-0.3, -0.25) is 9.58 Å². The summed E-state index contributed by atoms with van der Waals surface area (Å²) >= 11 is 0. The average Bonchev–Trinajstić information content (AvgIpc) is 3.81. The minimum atomic E-state index is -2.67. The van der Waals surface area contributed by atoms with Gasteiger partial charge in [0.05, 0.1) is 29.7 Å². The van der Waals surface area contributed by atoms with E-state index in [-0.39, 0.29) is 36.0 Å². The molecule has 6 aliphatic rings. The van der Waals surface area contributed by atoms with Gasteiger partial charge in [0.2, 0.25) is 0 Å². The third kappa shape index (κ3) is 5.21. The molecule has 1 aliphatic carbocycles. The zero-order valence-corrected chi connectivity index (χ0v) is 27.9. The number of anilines is 2. The van der Waals surface area contributed by atoms with E-state index in [0.29, 0.717) is 44.2 Å². The number of rotatable bonds is 5. The Balaban J connectivity index is 0.883. The molecular formula is C37H43F2N7O3. The van der Waals surface area contributed by atoms with Gasteiger partial charge in [-0.25, -0.2) is 18.6 Å². The summed E-state index contributed by atoms with van der Waals surface area (Å²) in [7, 11) is 0. The Morgan fingerprint density at radius 2 is 1.82 bits per heavy atom. The maximum Gasteiger partial charge on any atom is 0.410 e. The van der Waals surface area contributed by atoms with Crippen molar-refractivity contribution in [2.24, 2.45) is 0 Å². The van der Waals surface area contributed by atoms with E-state index in [1.807, 2.05) is 54.7 Å². The molecule has 2 spiro atoms. The number of carbonyl (C=O) groups is 1. The predicted molar refractivity (Wildman–Crippen MR) is 181 cm³/mol. The first-order chi connectivity index (χ1) is 23.8. The second kappa shape index (κ2) is 11.8. The van der Waals surface area contributed by atoms with Crippen LogP contribution in [0.3, 0.4) is 0 Å². The summed E-state index contributed by atoms with van der Waals surface area (Å²) in [5, 5.41) is 4.77. The number of amides is 1. The quantitative estimate of drug-likeness (QED) is 0.354. The summed E-state index contributed by atoms with van der Waals surface area (Å²) in [5.74, 6) is 0.615. The standard InChI is InChI=1S/C37H43F2N7O3/c1-25-21-40-46-33(25)37(49-24-36(46)10-11-36)12-14-43(15-13-37)31-20-29-27(32(41-31)34(38)39)8-5-9-28-30(22-45(28)29)42-16-18-44(19-17-42)35(47)48-23-26-6-3-2-4-7-26/h2-8,20-21,28,30,34H,9-19,22-24H2,1H3/t28-,30+/m0/s1. The van der Waals surface area contributed by atoms with Crippen LogP contribution in [0.2, 0.25) is 0 Å². The number of hydrogen-bond acceptors (Lipinski definition) is 8. The van der Waals surface area contributed by atoms with E-state index in [9.17, 15) is 13.6 Å². The molecule has 0 unspecified atom stereocenters. The highest BCUT2D eigenvalue weighted by molar-refractivity contribution is 5.76. The van der Waals surface area contributed by atoms with Crippen molar-refractivity contribution in [1.29, 1.82) is 0 Å². The minimum Gasteiger partial charge on any atom is -0.445 e. The van der Waals surface area contributed by atoms with Crippen LogP contribution in [0.5, 0.6) is 0 Å². The fraction of sp³-hybridized carbons (Fsp3) is 0.541. The van der Waals surface area contributed by atoms with Crippen LogP contribution in [-0.2, 0) is 27.2 Å². The number of nitrogens with zero attached hydrogens (tertiary/aromatic N) is 7. The average molecular weight is 672 g/mol. The first kappa shape index (κ1) is 31.0. The summed E-state index contributed by atoms with van der Waals surface area (Å²) in [6.45, 7) is 7.89. The van der Waals surface area contributed by atoms with E-state index >= 15 is 0 Å². The number of fused-ring (bicyclic) bond motifs is 6. The van der Waals surface area contributed by atoms with Crippen molar-refractivity contribution in [2.45, 2.75) is 75.3 Å². The highest BCUT2D eigenvalue weighted by Crippen LogP contribution is 2.53. The number of halogens is 2. The molecule has 258 valence electrons. The van der Waals surface area contributed by atoms with Crippen LogP contribution in [0, 0.1) is 6.92 Å². The number of hydrogen-bond donors (Lipinski definition) is 0. The normalized spacial score (nSPS) is 25.1. The van der Waals surface area contributed by atoms with E-state index < -0.39 is 12.0 Å². The molecule has 2 atom stereocenters. The largest absolute Gasteiger partial charge is 0.445 e. The van der Waals surface area contributed by atoms with Crippen molar-refractivity contribution in [3.05, 3.63) is 76.7 Å². The maximum atomic E-state index is 14.6. The van der Waals surface area contributed by atoms with Gasteiger partial charge in [-0.1, -0.05) is 42.5 Å². The van der Waals surface area contributed by atoms with E-state index in [2.05, 4.69) is 31.3 Å². The number of pyridine rings is 1. The van der Waals surface area contributed by atoms with Crippen LogP contribution in [0.25, 0.3) is 6.08 Å². The number of alkyl halides is 2. The maximum absolute atomic E-state index is 14.6. The van der Waals surface area contributed by atoms with Gasteiger partial charge >= 0.3 is 6.09 Å². The van der Waals surface area contributed by atoms with Crippen LogP contribution in [0.1, 0.15) is 66.6 Å². The van der Waals surface area contributed by atoms with Gasteiger partial charge < -0.3 is 24.2 Å². The van der Waals surface area contributed by atoms with Crippen molar-refractivity contribution in [1.82, 2.24) is 24.6 Å². The fourth-order valence-electron chi connectivity index (χ4n) is 8.83. The first-order valence-corrected chi connectivity index (χ1v) is 17.7. The summed E-state index contributed by atoms with van der Waals surface area (Å²) in [4.78, 5) is 26.0. The molecule has 1 aromatic carbocycles. The van der Waals surface area contributed by atoms with E-state index in [4.69, 9.17) is 14.6 Å². The van der Waals surface area contributed by atoms with Crippen molar-refractivity contribution < 1.29 is 23.0 Å². The SMILES string of the molecule is Cc1cnn2c1C1(CCN(c3cc4c(c(C(F)F)n3)C=CC[C@H]3[C@H](N5CCN(C(=O)OCc6ccccc6)CC5)CN43)CC1)OCC21CC1. The molecule has 7 heterocycles. The number of carbonyl (C=O) groups excluding carboxylic acids is 1. The Kier molecular flexibility index (Phi) is 7.46. The zero-order chi connectivity index (χ0) is 33.3. The smallest absolute Gasteiger partial charge is 0.410 e. The number of piperidine rings is 1. The summed E-state index contributed by atoms with van der Waals surface area (Å²) in [6, 6.07) is 12.2. The third-order valence-electron chi connectivity index (χ3n) is 11.9. The Hall–Kier alpha value is -4.03. The number of benzene rings is 1. The molecule has 1 saturated carbocycles. The number of aryl methyl sites for hydroxylation is 1. The lowest BCUT2D eigenvalue weighted by atomic mass is 9.84. The molecule has 4 fully saturated rings. The lowest BCUT2D eigenvalue weighted by Crippen LogP contribution is -2.69. The van der Waals surface area contributed by atoms with Crippen LogP contribution in [0.4, 0.5) is 25.1 Å². The second-order valence-corrected chi connectivity index (χ2v) is 14.7. The van der Waals surface area contributed by atoms with E-state index in [1.165, 1.54) is 5.69 Å². The summed E-state index contributed by atoms with van der Waals surface area (Å²) in [6.07, 6.45) is 7.39. The fourth-order valence-corrected chi connectivity index (χ4v) is 8.83. The topological polar surface area (TPSA) is 79.2 Å². The van der Waals surface area contributed by atoms with Gasteiger partial charge in [0.1, 0.15) is 23.7 Å². The van der Waals surface area contributed by atoms with Gasteiger partial charge in [0.15, 0.2) is 0 Å². The lowest BCUT2D eigenvalue weighted by molar-refractivity contribution is -0.115. The highest BCUT2D eigenvalue weighted by atomic mass is 19.3. The lowest BCUT2D eigenvalue weighted by Gasteiger charge is -2.55. The Bertz CT molecular complexity index is 1760. The molecule has 10 nitrogen and oxygen atoms in total. The first-order valence-electron chi connectivity index (χ1n) is 17.7. The van der Waals surface area contributed by atoms with Gasteiger partial charge in [-0.15, -0.1) is 0 Å². The van der Waals surface area contributed by atoms with Gasteiger partial charge in [0.25, 0.3) is 6.43 Å². The molecule has 0 N–H and O–H groups in total.